The SMILES string of the molecule is COC(=O)C1=C(C(=O)OC)N(c2ccccc2C(=O)Nc2ccc(OC(F)(F)F)cc2)C(N)=C(C#N)C1c1ccccc1. The van der Waals surface area contributed by atoms with Crippen LogP contribution >= 0.6 is 0 Å². The fourth-order valence-electron chi connectivity index (χ4n) is 4.56. The molecule has 0 radical (unpaired) electrons. The van der Waals surface area contributed by atoms with E-state index >= 15 is 0 Å². The predicted molar refractivity (Wildman–Crippen MR) is 147 cm³/mol. The fourth-order valence-corrected chi connectivity index (χ4v) is 4.56. The van der Waals surface area contributed by atoms with E-state index in [9.17, 15) is 32.8 Å². The third-order valence-corrected chi connectivity index (χ3v) is 6.35. The first-order valence-corrected chi connectivity index (χ1v) is 12.4. The lowest BCUT2D eigenvalue weighted by molar-refractivity contribution is -0.274. The number of nitrogens with two attached hydrogens (primary N) is 1. The normalized spacial score (nSPS) is 15.0. The summed E-state index contributed by atoms with van der Waals surface area (Å²) in [6.45, 7) is 0. The van der Waals surface area contributed by atoms with Crippen molar-refractivity contribution in [3.05, 3.63) is 113 Å². The first-order valence-electron chi connectivity index (χ1n) is 12.4. The number of hydrogen-bond acceptors (Lipinski definition) is 9. The Hall–Kier alpha value is -5.77. The van der Waals surface area contributed by atoms with Gasteiger partial charge in [0, 0.05) is 5.69 Å². The fraction of sp³-hybridized carbons (Fsp3) is 0.133. The highest BCUT2D eigenvalue weighted by Crippen LogP contribution is 2.44. The van der Waals surface area contributed by atoms with E-state index in [1.165, 1.54) is 36.4 Å². The molecule has 0 saturated carbocycles. The molecule has 0 aromatic heterocycles. The van der Waals surface area contributed by atoms with Gasteiger partial charge in [0.15, 0.2) is 0 Å². The van der Waals surface area contributed by atoms with Crippen molar-refractivity contribution in [2.45, 2.75) is 12.3 Å². The number of alkyl halides is 3. The number of allylic oxidation sites excluding steroid dienone is 1. The summed E-state index contributed by atoms with van der Waals surface area (Å²) in [6, 6.07) is 20.7. The van der Waals surface area contributed by atoms with Crippen LogP contribution in [0.4, 0.5) is 24.5 Å². The van der Waals surface area contributed by atoms with Crippen molar-refractivity contribution in [3.63, 3.8) is 0 Å². The summed E-state index contributed by atoms with van der Waals surface area (Å²) in [5.41, 5.74) is 6.31. The van der Waals surface area contributed by atoms with Gasteiger partial charge in [0.25, 0.3) is 5.91 Å². The number of benzene rings is 3. The second-order valence-electron chi connectivity index (χ2n) is 8.88. The number of para-hydroxylation sites is 1. The smallest absolute Gasteiger partial charge is 0.466 e. The van der Waals surface area contributed by atoms with E-state index in [2.05, 4.69) is 10.1 Å². The van der Waals surface area contributed by atoms with Gasteiger partial charge in [0.2, 0.25) is 0 Å². The molecule has 3 N–H and O–H groups in total. The molecular formula is C30H23F3N4O6. The van der Waals surface area contributed by atoms with E-state index in [1.807, 2.05) is 6.07 Å². The minimum atomic E-state index is -4.89. The minimum absolute atomic E-state index is 0.00408. The summed E-state index contributed by atoms with van der Waals surface area (Å²) in [7, 11) is 2.20. The van der Waals surface area contributed by atoms with Gasteiger partial charge < -0.3 is 25.3 Å². The standard InChI is InChI=1S/C30H23F3N4O6/c1-41-28(39)24-23(17-8-4-3-5-9-17)21(16-34)26(35)37(25(24)29(40)42-2)22-11-7-6-10-20(22)27(38)36-18-12-14-19(15-13-18)43-30(31,32)33/h3-15,23H,35H2,1-2H3,(H,36,38). The Labute approximate surface area is 243 Å². The van der Waals surface area contributed by atoms with Crippen LogP contribution in [0.3, 0.4) is 0 Å². The molecule has 0 fully saturated rings. The summed E-state index contributed by atoms with van der Waals surface area (Å²) in [6.07, 6.45) is -4.89. The molecule has 43 heavy (non-hydrogen) atoms. The van der Waals surface area contributed by atoms with Crippen LogP contribution in [-0.2, 0) is 19.1 Å². The van der Waals surface area contributed by atoms with Crippen LogP contribution in [0.2, 0.25) is 0 Å². The Balaban J connectivity index is 1.86. The molecule has 0 spiro atoms. The van der Waals surface area contributed by atoms with Crippen molar-refractivity contribution in [1.29, 1.82) is 5.26 Å². The Morgan fingerprint density at radius 3 is 2.09 bits per heavy atom. The summed E-state index contributed by atoms with van der Waals surface area (Å²) in [4.78, 5) is 41.1. The number of nitriles is 1. The van der Waals surface area contributed by atoms with Crippen LogP contribution in [0, 0.1) is 11.3 Å². The van der Waals surface area contributed by atoms with E-state index in [0.29, 0.717) is 5.56 Å². The minimum Gasteiger partial charge on any atom is -0.466 e. The van der Waals surface area contributed by atoms with Gasteiger partial charge in [-0.25, -0.2) is 9.59 Å². The van der Waals surface area contributed by atoms with Gasteiger partial charge >= 0.3 is 18.3 Å². The number of hydrogen-bond donors (Lipinski definition) is 2. The highest BCUT2D eigenvalue weighted by atomic mass is 19.4. The average molecular weight is 593 g/mol. The van der Waals surface area contributed by atoms with Crippen molar-refractivity contribution in [1.82, 2.24) is 0 Å². The van der Waals surface area contributed by atoms with E-state index in [-0.39, 0.29) is 39.6 Å². The zero-order valence-corrected chi connectivity index (χ0v) is 22.6. The lowest BCUT2D eigenvalue weighted by Gasteiger charge is -2.36. The molecule has 3 aromatic carbocycles. The molecule has 10 nitrogen and oxygen atoms in total. The zero-order valence-electron chi connectivity index (χ0n) is 22.6. The first-order chi connectivity index (χ1) is 20.5. The molecule has 1 heterocycles. The van der Waals surface area contributed by atoms with Gasteiger partial charge in [-0.2, -0.15) is 5.26 Å². The van der Waals surface area contributed by atoms with Crippen molar-refractivity contribution in [2.24, 2.45) is 5.73 Å². The molecule has 1 atom stereocenters. The van der Waals surface area contributed by atoms with Crippen LogP contribution in [0.5, 0.6) is 5.75 Å². The van der Waals surface area contributed by atoms with Crippen molar-refractivity contribution >= 4 is 29.2 Å². The number of carbonyl (C=O) groups excluding carboxylic acids is 3. The Morgan fingerprint density at radius 2 is 1.51 bits per heavy atom. The van der Waals surface area contributed by atoms with Gasteiger partial charge in [-0.15, -0.1) is 13.2 Å². The number of nitrogens with one attached hydrogen (secondary N) is 1. The Morgan fingerprint density at radius 1 is 0.907 bits per heavy atom. The van der Waals surface area contributed by atoms with Crippen molar-refractivity contribution < 1.29 is 41.8 Å². The van der Waals surface area contributed by atoms with Crippen LogP contribution in [0.1, 0.15) is 21.8 Å². The molecule has 13 heteroatoms. The quantitative estimate of drug-likeness (QED) is 0.372. The summed E-state index contributed by atoms with van der Waals surface area (Å²) in [5.74, 6) is -4.54. The zero-order chi connectivity index (χ0) is 31.3. The number of anilines is 2. The molecule has 0 saturated heterocycles. The second kappa shape index (κ2) is 12.4. The largest absolute Gasteiger partial charge is 0.573 e. The molecule has 3 aromatic rings. The van der Waals surface area contributed by atoms with Crippen LogP contribution in [0.15, 0.2) is 102 Å². The molecule has 220 valence electrons. The number of nitrogens with zero attached hydrogens (tertiary/aromatic N) is 2. The number of amides is 1. The third-order valence-electron chi connectivity index (χ3n) is 6.35. The van der Waals surface area contributed by atoms with Crippen LogP contribution in [-0.4, -0.2) is 38.4 Å². The average Bonchev–Trinajstić information content (AvgIpc) is 3.00. The Kier molecular flexibility index (Phi) is 8.70. The summed E-state index contributed by atoms with van der Waals surface area (Å²) >= 11 is 0. The van der Waals surface area contributed by atoms with Gasteiger partial charge in [-0.1, -0.05) is 42.5 Å². The molecule has 0 bridgehead atoms. The van der Waals surface area contributed by atoms with E-state index < -0.39 is 35.9 Å². The van der Waals surface area contributed by atoms with Crippen molar-refractivity contribution in [3.8, 4) is 11.8 Å². The highest BCUT2D eigenvalue weighted by Gasteiger charge is 2.43. The summed E-state index contributed by atoms with van der Waals surface area (Å²) < 4.78 is 51.4. The van der Waals surface area contributed by atoms with Crippen LogP contribution < -0.4 is 20.7 Å². The molecule has 4 rings (SSSR count). The van der Waals surface area contributed by atoms with Gasteiger partial charge in [0.05, 0.1) is 48.6 Å². The maximum absolute atomic E-state index is 13.5. The number of rotatable bonds is 7. The maximum Gasteiger partial charge on any atom is 0.573 e. The van der Waals surface area contributed by atoms with E-state index in [4.69, 9.17) is 15.2 Å². The predicted octanol–water partition coefficient (Wildman–Crippen LogP) is 4.74. The lowest BCUT2D eigenvalue weighted by atomic mass is 9.80. The number of halogens is 3. The topological polar surface area (TPSA) is 144 Å². The first kappa shape index (κ1) is 30.2. The van der Waals surface area contributed by atoms with Gasteiger partial charge in [-0.3, -0.25) is 9.69 Å². The third kappa shape index (κ3) is 6.28. The molecule has 1 aliphatic rings. The van der Waals surface area contributed by atoms with E-state index in [0.717, 1.165) is 31.3 Å². The number of esters is 2. The number of methoxy groups -OCH3 is 2. The molecule has 1 amide bonds. The van der Waals surface area contributed by atoms with Crippen molar-refractivity contribution in [2.75, 3.05) is 24.4 Å². The Bertz CT molecular complexity index is 1660. The summed E-state index contributed by atoms with van der Waals surface area (Å²) in [5, 5.41) is 12.8. The second-order valence-corrected chi connectivity index (χ2v) is 8.88. The van der Waals surface area contributed by atoms with Gasteiger partial charge in [-0.05, 0) is 42.0 Å². The molecular weight excluding hydrogens is 569 g/mol. The molecule has 0 aliphatic carbocycles. The molecule has 1 aliphatic heterocycles. The molecule has 1 unspecified atom stereocenters. The lowest BCUT2D eigenvalue weighted by Crippen LogP contribution is -2.41. The monoisotopic (exact) mass is 592 g/mol. The van der Waals surface area contributed by atoms with Gasteiger partial charge in [0.1, 0.15) is 17.3 Å². The van der Waals surface area contributed by atoms with Crippen LogP contribution in [0.25, 0.3) is 0 Å². The van der Waals surface area contributed by atoms with E-state index in [1.54, 1.807) is 30.3 Å². The number of ether oxygens (including phenoxy) is 3. The highest BCUT2D eigenvalue weighted by molar-refractivity contribution is 6.11. The maximum atomic E-state index is 13.5. The number of carbonyl (C=O) groups is 3.